The molecule has 4 heterocycles. The smallest absolute Gasteiger partial charge is 0.223 e. The molecule has 0 radical (unpaired) electrons. The molecule has 3 atom stereocenters. The molecule has 5 rings (SSSR count). The molecule has 2 saturated heterocycles. The van der Waals surface area contributed by atoms with Crippen LogP contribution in [0, 0.1) is 12.7 Å². The third-order valence-corrected chi connectivity index (χ3v) is 7.36. The Morgan fingerprint density at radius 1 is 1.27 bits per heavy atom. The van der Waals surface area contributed by atoms with Gasteiger partial charge in [0.2, 0.25) is 5.95 Å². The Hall–Kier alpha value is -2.92. The van der Waals surface area contributed by atoms with Crippen molar-refractivity contribution in [3.63, 3.8) is 0 Å². The molecule has 1 aromatic carbocycles. The number of fused-ring (bicyclic) bond motifs is 1. The zero-order chi connectivity index (χ0) is 26.3. The van der Waals surface area contributed by atoms with Gasteiger partial charge >= 0.3 is 0 Å². The first kappa shape index (κ1) is 25.7. The van der Waals surface area contributed by atoms with Crippen LogP contribution in [0.5, 0.6) is 0 Å². The molecule has 0 amide bonds. The normalized spacial score (nSPS) is 22.7. The minimum atomic E-state index is -0.703. The minimum absolute atomic E-state index is 0.0436. The van der Waals surface area contributed by atoms with Gasteiger partial charge in [-0.25, -0.2) is 14.4 Å². The highest BCUT2D eigenvalue weighted by molar-refractivity contribution is 5.85. The Balaban J connectivity index is 1.58. The van der Waals surface area contributed by atoms with Crippen LogP contribution in [0.15, 0.2) is 29.2 Å². The fraction of sp³-hybridized carbons (Fsp3) is 0.519. The van der Waals surface area contributed by atoms with Gasteiger partial charge in [-0.05, 0) is 45.7 Å². The maximum Gasteiger partial charge on any atom is 0.223 e. The van der Waals surface area contributed by atoms with E-state index < -0.39 is 11.9 Å². The van der Waals surface area contributed by atoms with E-state index in [0.717, 1.165) is 24.9 Å². The second-order valence-electron chi connectivity index (χ2n) is 10.3. The van der Waals surface area contributed by atoms with E-state index in [4.69, 9.17) is 4.74 Å². The third-order valence-electron chi connectivity index (χ3n) is 7.36. The Morgan fingerprint density at radius 2 is 2.08 bits per heavy atom. The van der Waals surface area contributed by atoms with Crippen LogP contribution in [0.4, 0.5) is 10.3 Å². The number of benzene rings is 1. The molecule has 2 aliphatic rings. The summed E-state index contributed by atoms with van der Waals surface area (Å²) >= 11 is 0. The largest absolute Gasteiger partial charge is 0.392 e. The van der Waals surface area contributed by atoms with Gasteiger partial charge in [0.1, 0.15) is 5.69 Å². The average molecular weight is 512 g/mol. The highest BCUT2D eigenvalue weighted by atomic mass is 19.1. The fourth-order valence-corrected chi connectivity index (χ4v) is 5.38. The molecule has 2 aliphatic heterocycles. The van der Waals surface area contributed by atoms with E-state index in [1.807, 2.05) is 13.0 Å². The van der Waals surface area contributed by atoms with Crippen molar-refractivity contribution in [1.29, 1.82) is 0 Å². The average Bonchev–Trinajstić information content (AvgIpc) is 3.29. The zero-order valence-electron chi connectivity index (χ0n) is 21.4. The molecule has 0 aliphatic carbocycles. The summed E-state index contributed by atoms with van der Waals surface area (Å²) in [6.45, 7) is 8.61. The molecule has 3 aromatic rings. The Morgan fingerprint density at radius 3 is 2.78 bits per heavy atom. The maximum atomic E-state index is 15.0. The molecule has 10 heteroatoms. The summed E-state index contributed by atoms with van der Waals surface area (Å²) in [4.78, 5) is 24.0. The van der Waals surface area contributed by atoms with Crippen molar-refractivity contribution in [3.05, 3.63) is 51.7 Å². The monoisotopic (exact) mass is 511 g/mol. The highest BCUT2D eigenvalue weighted by Crippen LogP contribution is 2.29. The summed E-state index contributed by atoms with van der Waals surface area (Å²) in [5, 5.41) is 23.9. The summed E-state index contributed by atoms with van der Waals surface area (Å²) in [6, 6.07) is 5.02. The predicted molar refractivity (Wildman–Crippen MR) is 139 cm³/mol. The molecule has 0 saturated carbocycles. The summed E-state index contributed by atoms with van der Waals surface area (Å²) in [5.41, 5.74) is 2.90. The minimum Gasteiger partial charge on any atom is -0.392 e. The van der Waals surface area contributed by atoms with E-state index in [9.17, 15) is 19.4 Å². The number of halogens is 1. The SMILES string of the molecule is Cc1c(CN2CC[C@@H](O)C2)n(C(C)C)c2cc(-c3nc(N[C@@H]4CCOC[C@H]4O)ncc3F)ccc2c1=O. The number of nitrogens with zero attached hydrogens (tertiary/aromatic N) is 4. The Kier molecular flexibility index (Phi) is 7.26. The lowest BCUT2D eigenvalue weighted by Crippen LogP contribution is -2.42. The maximum absolute atomic E-state index is 15.0. The molecular weight excluding hydrogens is 477 g/mol. The van der Waals surface area contributed by atoms with Crippen LogP contribution < -0.4 is 10.7 Å². The molecule has 2 aromatic heterocycles. The van der Waals surface area contributed by atoms with Crippen LogP contribution in [0.25, 0.3) is 22.2 Å². The van der Waals surface area contributed by atoms with Gasteiger partial charge in [0.05, 0.1) is 36.6 Å². The predicted octanol–water partition coefficient (Wildman–Crippen LogP) is 2.62. The Labute approximate surface area is 214 Å². The number of nitrogens with one attached hydrogen (secondary N) is 1. The molecular formula is C27H34FN5O4. The number of ether oxygens (including phenoxy) is 1. The van der Waals surface area contributed by atoms with E-state index in [1.165, 1.54) is 0 Å². The van der Waals surface area contributed by atoms with Crippen molar-refractivity contribution in [1.82, 2.24) is 19.4 Å². The van der Waals surface area contributed by atoms with Crippen LogP contribution in [-0.4, -0.2) is 74.2 Å². The second kappa shape index (κ2) is 10.4. The van der Waals surface area contributed by atoms with Crippen LogP contribution in [0.2, 0.25) is 0 Å². The summed E-state index contributed by atoms with van der Waals surface area (Å²) in [7, 11) is 0. The van der Waals surface area contributed by atoms with Crippen molar-refractivity contribution in [2.75, 3.05) is 31.6 Å². The number of rotatable bonds is 6. The van der Waals surface area contributed by atoms with Gasteiger partial charge in [-0.2, -0.15) is 0 Å². The molecule has 0 unspecified atom stereocenters. The van der Waals surface area contributed by atoms with Crippen LogP contribution in [0.3, 0.4) is 0 Å². The fourth-order valence-electron chi connectivity index (χ4n) is 5.38. The van der Waals surface area contributed by atoms with Gasteiger partial charge < -0.3 is 24.8 Å². The van der Waals surface area contributed by atoms with Gasteiger partial charge in [-0.15, -0.1) is 0 Å². The molecule has 3 N–H and O–H groups in total. The number of aliphatic hydroxyl groups is 2. The van der Waals surface area contributed by atoms with Crippen molar-refractivity contribution in [3.8, 4) is 11.3 Å². The van der Waals surface area contributed by atoms with Gasteiger partial charge in [0.15, 0.2) is 11.2 Å². The Bertz CT molecular complexity index is 1360. The molecule has 198 valence electrons. The lowest BCUT2D eigenvalue weighted by molar-refractivity contribution is -0.0136. The topological polar surface area (TPSA) is 113 Å². The first-order valence-electron chi connectivity index (χ1n) is 12.9. The van der Waals surface area contributed by atoms with E-state index >= 15 is 0 Å². The van der Waals surface area contributed by atoms with E-state index in [0.29, 0.717) is 48.1 Å². The second-order valence-corrected chi connectivity index (χ2v) is 10.3. The quantitative estimate of drug-likeness (QED) is 0.463. The lowest BCUT2D eigenvalue weighted by Gasteiger charge is -2.28. The van der Waals surface area contributed by atoms with Crippen molar-refractivity contribution >= 4 is 16.9 Å². The number of hydrogen-bond donors (Lipinski definition) is 3. The number of hydrogen-bond acceptors (Lipinski definition) is 8. The summed E-state index contributed by atoms with van der Waals surface area (Å²) in [5.74, 6) is -0.352. The van der Waals surface area contributed by atoms with E-state index in [2.05, 4.69) is 38.6 Å². The molecule has 37 heavy (non-hydrogen) atoms. The third kappa shape index (κ3) is 5.11. The lowest BCUT2D eigenvalue weighted by atomic mass is 10.0. The molecule has 2 fully saturated rings. The van der Waals surface area contributed by atoms with Crippen molar-refractivity contribution in [2.24, 2.45) is 0 Å². The molecule has 0 spiro atoms. The van der Waals surface area contributed by atoms with Gasteiger partial charge in [-0.1, -0.05) is 6.07 Å². The number of aromatic nitrogens is 3. The van der Waals surface area contributed by atoms with Crippen molar-refractivity contribution in [2.45, 2.75) is 64.4 Å². The first-order chi connectivity index (χ1) is 17.7. The van der Waals surface area contributed by atoms with Crippen LogP contribution in [0.1, 0.15) is 44.0 Å². The van der Waals surface area contributed by atoms with Gasteiger partial charge in [-0.3, -0.25) is 9.69 Å². The first-order valence-corrected chi connectivity index (χ1v) is 12.9. The van der Waals surface area contributed by atoms with Crippen LogP contribution >= 0.6 is 0 Å². The zero-order valence-corrected chi connectivity index (χ0v) is 21.4. The number of β-amino-alcohol motifs (C(OH)–C–C–N with tert-alkyl or cyclic N) is 1. The molecule has 9 nitrogen and oxygen atoms in total. The van der Waals surface area contributed by atoms with Gasteiger partial charge in [0.25, 0.3) is 0 Å². The standard InChI is InChI=1S/C27H34FN5O4/c1-15(2)33-22-10-17(25-20(28)11-29-27(31-25)30-21-7-9-37-14-24(21)35)4-5-19(22)26(36)16(3)23(33)13-32-8-6-18(34)12-32/h4-5,10-11,15,18,21,24,34-35H,6-9,12-14H2,1-3H3,(H,29,30,31)/t18-,21-,24-/m1/s1. The van der Waals surface area contributed by atoms with E-state index in [1.54, 1.807) is 12.1 Å². The molecule has 0 bridgehead atoms. The highest BCUT2D eigenvalue weighted by Gasteiger charge is 2.26. The van der Waals surface area contributed by atoms with Crippen molar-refractivity contribution < 1.29 is 19.3 Å². The summed E-state index contributed by atoms with van der Waals surface area (Å²) < 4.78 is 22.4. The summed E-state index contributed by atoms with van der Waals surface area (Å²) in [6.07, 6.45) is 1.37. The van der Waals surface area contributed by atoms with E-state index in [-0.39, 0.29) is 41.9 Å². The van der Waals surface area contributed by atoms with Gasteiger partial charge in [0, 0.05) is 54.5 Å². The number of aliphatic hydroxyl groups excluding tert-OH is 2. The number of pyridine rings is 1. The number of likely N-dealkylation sites (tertiary alicyclic amines) is 1. The van der Waals surface area contributed by atoms with Crippen LogP contribution in [-0.2, 0) is 11.3 Å². The number of anilines is 1.